The van der Waals surface area contributed by atoms with Crippen molar-refractivity contribution in [3.05, 3.63) is 29.3 Å². The topological polar surface area (TPSA) is 54.8 Å². The van der Waals surface area contributed by atoms with Gasteiger partial charge in [0.25, 0.3) is 0 Å². The second-order valence-corrected chi connectivity index (χ2v) is 7.14. The molecule has 1 aliphatic heterocycles. The fourth-order valence-electron chi connectivity index (χ4n) is 2.97. The van der Waals surface area contributed by atoms with Crippen LogP contribution in [0.5, 0.6) is 11.5 Å². The van der Waals surface area contributed by atoms with E-state index in [1.165, 1.54) is 0 Å². The van der Waals surface area contributed by atoms with E-state index in [9.17, 15) is 5.11 Å². The number of likely N-dealkylation sites (tertiary alicyclic amines) is 1. The molecule has 2 heterocycles. The highest BCUT2D eigenvalue weighted by Gasteiger charge is 2.24. The van der Waals surface area contributed by atoms with Crippen molar-refractivity contribution in [3.63, 3.8) is 0 Å². The summed E-state index contributed by atoms with van der Waals surface area (Å²) >= 11 is 1.61. The van der Waals surface area contributed by atoms with Crippen LogP contribution in [0.3, 0.4) is 0 Å². The number of aromatic nitrogens is 1. The number of methoxy groups -OCH3 is 2. The molecule has 1 aliphatic rings. The van der Waals surface area contributed by atoms with Crippen molar-refractivity contribution in [1.82, 2.24) is 9.88 Å². The Morgan fingerprint density at radius 2 is 2.17 bits per heavy atom. The van der Waals surface area contributed by atoms with Gasteiger partial charge >= 0.3 is 0 Å². The van der Waals surface area contributed by atoms with Crippen molar-refractivity contribution in [3.8, 4) is 22.1 Å². The maximum Gasteiger partial charge on any atom is 0.132 e. The largest absolute Gasteiger partial charge is 0.497 e. The maximum atomic E-state index is 10.0. The molecule has 5 nitrogen and oxygen atoms in total. The van der Waals surface area contributed by atoms with Crippen LogP contribution in [-0.4, -0.2) is 48.4 Å². The van der Waals surface area contributed by atoms with Crippen molar-refractivity contribution in [2.45, 2.75) is 26.0 Å². The number of β-amino-alcohol motifs (C(OH)–C–C–N with tert-alkyl or cyclic N) is 1. The molecule has 1 N–H and O–H groups in total. The lowest BCUT2D eigenvalue weighted by Gasteiger charge is -2.33. The summed E-state index contributed by atoms with van der Waals surface area (Å²) in [6.45, 7) is 4.62. The Bertz CT molecular complexity index is 689. The van der Waals surface area contributed by atoms with E-state index in [4.69, 9.17) is 14.5 Å². The summed E-state index contributed by atoms with van der Waals surface area (Å²) in [7, 11) is 3.30. The van der Waals surface area contributed by atoms with Crippen LogP contribution in [0.1, 0.15) is 19.0 Å². The van der Waals surface area contributed by atoms with Gasteiger partial charge in [-0.05, 0) is 31.0 Å². The van der Waals surface area contributed by atoms with Gasteiger partial charge in [0, 0.05) is 24.5 Å². The third-order valence-corrected chi connectivity index (χ3v) is 5.50. The van der Waals surface area contributed by atoms with E-state index in [-0.39, 0.29) is 6.10 Å². The van der Waals surface area contributed by atoms with Gasteiger partial charge in [-0.3, -0.25) is 4.90 Å². The first-order valence-corrected chi connectivity index (χ1v) is 9.06. The number of rotatable bonds is 5. The first-order chi connectivity index (χ1) is 11.6. The molecule has 0 bridgehead atoms. The first kappa shape index (κ1) is 17.2. The summed E-state index contributed by atoms with van der Waals surface area (Å²) in [4.78, 5) is 7.03. The number of aliphatic hydroxyl groups excluding tert-OH is 1. The zero-order chi connectivity index (χ0) is 17.1. The van der Waals surface area contributed by atoms with Gasteiger partial charge in [-0.25, -0.2) is 4.98 Å². The van der Waals surface area contributed by atoms with E-state index in [1.54, 1.807) is 25.6 Å². The van der Waals surface area contributed by atoms with E-state index in [0.29, 0.717) is 5.92 Å². The van der Waals surface area contributed by atoms with Gasteiger partial charge in [0.2, 0.25) is 0 Å². The number of ether oxygens (including phenoxy) is 2. The van der Waals surface area contributed by atoms with Crippen molar-refractivity contribution < 1.29 is 14.6 Å². The number of hydrogen-bond donors (Lipinski definition) is 1. The molecule has 2 atom stereocenters. The van der Waals surface area contributed by atoms with Crippen molar-refractivity contribution in [2.75, 3.05) is 27.3 Å². The molecule has 6 heteroatoms. The van der Waals surface area contributed by atoms with E-state index in [1.807, 2.05) is 18.2 Å². The summed E-state index contributed by atoms with van der Waals surface area (Å²) in [5.41, 5.74) is 2.01. The number of aliphatic hydroxyl groups is 1. The van der Waals surface area contributed by atoms with Crippen LogP contribution in [0.2, 0.25) is 0 Å². The number of piperidine rings is 1. The molecule has 2 unspecified atom stereocenters. The van der Waals surface area contributed by atoms with Gasteiger partial charge in [0.15, 0.2) is 0 Å². The zero-order valence-corrected chi connectivity index (χ0v) is 15.2. The average Bonchev–Trinajstić information content (AvgIpc) is 3.05. The molecule has 1 saturated heterocycles. The third kappa shape index (κ3) is 3.71. The lowest BCUT2D eigenvalue weighted by molar-refractivity contribution is 0.0255. The molecule has 0 spiro atoms. The van der Waals surface area contributed by atoms with Gasteiger partial charge in [0.1, 0.15) is 16.5 Å². The zero-order valence-electron chi connectivity index (χ0n) is 14.4. The molecular formula is C18H24N2O3S. The van der Waals surface area contributed by atoms with Gasteiger partial charge in [-0.2, -0.15) is 0 Å². The van der Waals surface area contributed by atoms with Gasteiger partial charge in [0.05, 0.1) is 31.6 Å². The summed E-state index contributed by atoms with van der Waals surface area (Å²) in [6, 6.07) is 5.77. The average molecular weight is 348 g/mol. The SMILES string of the molecule is COc1ccc(-c2nc(CN3CCC(C)C(O)C3)cs2)c(OC)c1. The quantitative estimate of drug-likeness (QED) is 0.900. The molecule has 3 rings (SSSR count). The maximum absolute atomic E-state index is 10.0. The lowest BCUT2D eigenvalue weighted by atomic mass is 9.96. The van der Waals surface area contributed by atoms with Crippen LogP contribution in [0.25, 0.3) is 10.6 Å². The molecular weight excluding hydrogens is 324 g/mol. The molecule has 130 valence electrons. The number of nitrogens with zero attached hydrogens (tertiary/aromatic N) is 2. The second kappa shape index (κ2) is 7.51. The normalized spacial score (nSPS) is 21.7. The smallest absolute Gasteiger partial charge is 0.132 e. The fraction of sp³-hybridized carbons (Fsp3) is 0.500. The summed E-state index contributed by atoms with van der Waals surface area (Å²) in [5, 5.41) is 13.1. The van der Waals surface area contributed by atoms with Crippen LogP contribution >= 0.6 is 11.3 Å². The minimum atomic E-state index is -0.237. The predicted octanol–water partition coefficient (Wildman–Crippen LogP) is 3.03. The monoisotopic (exact) mass is 348 g/mol. The van der Waals surface area contributed by atoms with Crippen LogP contribution < -0.4 is 9.47 Å². The Kier molecular flexibility index (Phi) is 5.38. The van der Waals surface area contributed by atoms with Crippen molar-refractivity contribution in [1.29, 1.82) is 0 Å². The Morgan fingerprint density at radius 1 is 1.33 bits per heavy atom. The highest BCUT2D eigenvalue weighted by Crippen LogP contribution is 2.35. The van der Waals surface area contributed by atoms with E-state index in [0.717, 1.165) is 53.8 Å². The Morgan fingerprint density at radius 3 is 2.88 bits per heavy atom. The van der Waals surface area contributed by atoms with Crippen molar-refractivity contribution >= 4 is 11.3 Å². The lowest BCUT2D eigenvalue weighted by Crippen LogP contribution is -2.42. The minimum Gasteiger partial charge on any atom is -0.497 e. The summed E-state index contributed by atoms with van der Waals surface area (Å²) < 4.78 is 10.7. The molecule has 1 fully saturated rings. The van der Waals surface area contributed by atoms with Crippen LogP contribution in [-0.2, 0) is 6.54 Å². The Labute approximate surface area is 146 Å². The summed E-state index contributed by atoms with van der Waals surface area (Å²) in [6.07, 6.45) is 0.795. The number of hydrogen-bond acceptors (Lipinski definition) is 6. The fourth-order valence-corrected chi connectivity index (χ4v) is 3.81. The van der Waals surface area contributed by atoms with Crippen LogP contribution in [0.15, 0.2) is 23.6 Å². The Hall–Kier alpha value is -1.63. The summed E-state index contributed by atoms with van der Waals surface area (Å²) in [5.74, 6) is 1.91. The van der Waals surface area contributed by atoms with Crippen molar-refractivity contribution in [2.24, 2.45) is 5.92 Å². The number of benzene rings is 1. The van der Waals surface area contributed by atoms with E-state index < -0.39 is 0 Å². The molecule has 0 saturated carbocycles. The van der Waals surface area contributed by atoms with Gasteiger partial charge < -0.3 is 14.6 Å². The minimum absolute atomic E-state index is 0.237. The molecule has 1 aromatic carbocycles. The molecule has 1 aromatic heterocycles. The number of thiazole rings is 1. The third-order valence-electron chi connectivity index (χ3n) is 4.58. The van der Waals surface area contributed by atoms with Gasteiger partial charge in [-0.1, -0.05) is 6.92 Å². The van der Waals surface area contributed by atoms with E-state index in [2.05, 4.69) is 17.2 Å². The van der Waals surface area contributed by atoms with Crippen LogP contribution in [0.4, 0.5) is 0 Å². The highest BCUT2D eigenvalue weighted by atomic mass is 32.1. The molecule has 24 heavy (non-hydrogen) atoms. The van der Waals surface area contributed by atoms with Crippen LogP contribution in [0, 0.1) is 5.92 Å². The standard InChI is InChI=1S/C18H24N2O3S/c1-12-6-7-20(10-16(12)21)9-13-11-24-18(19-13)15-5-4-14(22-2)8-17(15)23-3/h4-5,8,11-12,16,21H,6-7,9-10H2,1-3H3. The molecule has 0 aliphatic carbocycles. The Balaban J connectivity index is 1.74. The molecule has 0 amide bonds. The molecule has 2 aromatic rings. The highest BCUT2D eigenvalue weighted by molar-refractivity contribution is 7.13. The van der Waals surface area contributed by atoms with E-state index >= 15 is 0 Å². The first-order valence-electron chi connectivity index (χ1n) is 8.18. The predicted molar refractivity (Wildman–Crippen MR) is 95.7 cm³/mol. The second-order valence-electron chi connectivity index (χ2n) is 6.28. The van der Waals surface area contributed by atoms with Gasteiger partial charge in [-0.15, -0.1) is 11.3 Å². The molecule has 0 radical (unpaired) electrons.